The predicted octanol–water partition coefficient (Wildman–Crippen LogP) is 1.39. The van der Waals surface area contributed by atoms with Crippen molar-refractivity contribution < 1.29 is 4.79 Å². The van der Waals surface area contributed by atoms with Gasteiger partial charge in [0, 0.05) is 12.7 Å². The van der Waals surface area contributed by atoms with Crippen LogP contribution in [0, 0.1) is 13.8 Å². The van der Waals surface area contributed by atoms with E-state index in [2.05, 4.69) is 15.4 Å². The average molecular weight is 311 g/mol. The molecule has 23 heavy (non-hydrogen) atoms. The zero-order valence-corrected chi connectivity index (χ0v) is 13.2. The molecule has 0 aliphatic carbocycles. The molecule has 0 saturated carbocycles. The van der Waals surface area contributed by atoms with Gasteiger partial charge in [-0.2, -0.15) is 5.10 Å². The summed E-state index contributed by atoms with van der Waals surface area (Å²) in [5, 5.41) is 7.24. The summed E-state index contributed by atoms with van der Waals surface area (Å²) >= 11 is 0. The highest BCUT2D eigenvalue weighted by atomic mass is 16.2. The maximum Gasteiger partial charge on any atom is 0.264 e. The van der Waals surface area contributed by atoms with E-state index < -0.39 is 0 Å². The number of amides is 1. The molecule has 7 heteroatoms. The van der Waals surface area contributed by atoms with Crippen LogP contribution in [-0.4, -0.2) is 25.2 Å². The minimum atomic E-state index is -0.279. The highest BCUT2D eigenvalue weighted by molar-refractivity contribution is 5.91. The number of fused-ring (bicyclic) bond motifs is 1. The number of nitrogens with zero attached hydrogens (tertiary/aromatic N) is 4. The minimum absolute atomic E-state index is 0.0932. The molecule has 0 saturated heterocycles. The van der Waals surface area contributed by atoms with Gasteiger partial charge in [0.1, 0.15) is 18.3 Å². The van der Waals surface area contributed by atoms with Gasteiger partial charge in [-0.3, -0.25) is 18.8 Å². The van der Waals surface area contributed by atoms with Crippen molar-refractivity contribution in [2.24, 2.45) is 7.05 Å². The lowest BCUT2D eigenvalue weighted by Gasteiger charge is -2.11. The third-order valence-corrected chi connectivity index (χ3v) is 3.91. The van der Waals surface area contributed by atoms with E-state index in [-0.39, 0.29) is 18.0 Å². The zero-order valence-electron chi connectivity index (χ0n) is 13.2. The summed E-state index contributed by atoms with van der Waals surface area (Å²) in [5.74, 6) is -0.272. The lowest BCUT2D eigenvalue weighted by molar-refractivity contribution is -0.116. The Balaban J connectivity index is 1.84. The first-order valence-corrected chi connectivity index (χ1v) is 7.20. The summed E-state index contributed by atoms with van der Waals surface area (Å²) in [6.45, 7) is 3.83. The Morgan fingerprint density at radius 2 is 2.09 bits per heavy atom. The van der Waals surface area contributed by atoms with Crippen LogP contribution in [-0.2, 0) is 18.4 Å². The van der Waals surface area contributed by atoms with E-state index in [1.165, 1.54) is 21.8 Å². The molecule has 0 bridgehead atoms. The third-order valence-electron chi connectivity index (χ3n) is 3.91. The van der Waals surface area contributed by atoms with Gasteiger partial charge < -0.3 is 5.32 Å². The normalized spacial score (nSPS) is 10.9. The van der Waals surface area contributed by atoms with Crippen molar-refractivity contribution in [3.63, 3.8) is 0 Å². The van der Waals surface area contributed by atoms with Crippen LogP contribution in [0.3, 0.4) is 0 Å². The number of aryl methyl sites for hydroxylation is 2. The second kappa shape index (κ2) is 5.68. The van der Waals surface area contributed by atoms with E-state index in [1.54, 1.807) is 7.05 Å². The van der Waals surface area contributed by atoms with Crippen LogP contribution < -0.4 is 10.9 Å². The highest BCUT2D eigenvalue weighted by Gasteiger charge is 2.11. The number of anilines is 1. The molecule has 7 nitrogen and oxygen atoms in total. The molecule has 0 unspecified atom stereocenters. The first kappa shape index (κ1) is 15.0. The Kier molecular flexibility index (Phi) is 3.69. The van der Waals surface area contributed by atoms with Crippen LogP contribution in [0.15, 0.2) is 35.5 Å². The number of rotatable bonds is 3. The van der Waals surface area contributed by atoms with Crippen molar-refractivity contribution in [3.05, 3.63) is 52.2 Å². The Morgan fingerprint density at radius 3 is 2.87 bits per heavy atom. The largest absolute Gasteiger partial charge is 0.324 e. The van der Waals surface area contributed by atoms with Crippen molar-refractivity contribution >= 4 is 22.6 Å². The predicted molar refractivity (Wildman–Crippen MR) is 87.3 cm³/mol. The summed E-state index contributed by atoms with van der Waals surface area (Å²) in [5.41, 5.74) is 3.08. The van der Waals surface area contributed by atoms with E-state index in [1.807, 2.05) is 32.0 Å². The van der Waals surface area contributed by atoms with Crippen LogP contribution in [0.5, 0.6) is 0 Å². The standard InChI is InChI=1S/C16H17N5O2/c1-10-5-4-6-13(11(10)2)19-14(22)8-21-9-17-15-12(16(21)23)7-18-20(15)3/h4-7,9H,8H2,1-3H3,(H,19,22). The van der Waals surface area contributed by atoms with E-state index >= 15 is 0 Å². The number of hydrogen-bond donors (Lipinski definition) is 1. The van der Waals surface area contributed by atoms with Gasteiger partial charge in [-0.1, -0.05) is 12.1 Å². The molecular weight excluding hydrogens is 294 g/mol. The van der Waals surface area contributed by atoms with Gasteiger partial charge >= 0.3 is 0 Å². The van der Waals surface area contributed by atoms with Crippen LogP contribution in [0.25, 0.3) is 11.0 Å². The molecule has 1 aromatic carbocycles. The number of carbonyl (C=O) groups is 1. The van der Waals surface area contributed by atoms with Crippen LogP contribution in [0.2, 0.25) is 0 Å². The molecule has 0 spiro atoms. The summed E-state index contributed by atoms with van der Waals surface area (Å²) in [6.07, 6.45) is 2.83. The molecule has 1 N–H and O–H groups in total. The number of carbonyl (C=O) groups excluding carboxylic acids is 1. The van der Waals surface area contributed by atoms with Crippen molar-refractivity contribution in [3.8, 4) is 0 Å². The Hall–Kier alpha value is -2.96. The SMILES string of the molecule is Cc1cccc(NC(=O)Cn2cnc3c(cnn3C)c2=O)c1C. The number of aromatic nitrogens is 4. The van der Waals surface area contributed by atoms with Crippen LogP contribution in [0.4, 0.5) is 5.69 Å². The first-order valence-electron chi connectivity index (χ1n) is 7.20. The first-order chi connectivity index (χ1) is 11.0. The monoisotopic (exact) mass is 311 g/mol. The maximum atomic E-state index is 12.3. The Morgan fingerprint density at radius 1 is 1.30 bits per heavy atom. The van der Waals surface area contributed by atoms with Crippen molar-refractivity contribution in [1.29, 1.82) is 0 Å². The van der Waals surface area contributed by atoms with Gasteiger partial charge in [0.05, 0.1) is 6.20 Å². The van der Waals surface area contributed by atoms with Crippen LogP contribution >= 0.6 is 0 Å². The minimum Gasteiger partial charge on any atom is -0.324 e. The topological polar surface area (TPSA) is 81.8 Å². The quantitative estimate of drug-likeness (QED) is 0.792. The van der Waals surface area contributed by atoms with Crippen LogP contribution in [0.1, 0.15) is 11.1 Å². The molecule has 1 amide bonds. The van der Waals surface area contributed by atoms with Gasteiger partial charge in [0.2, 0.25) is 5.91 Å². The highest BCUT2D eigenvalue weighted by Crippen LogP contribution is 2.17. The fraction of sp³-hybridized carbons (Fsp3) is 0.250. The molecule has 2 aromatic heterocycles. The van der Waals surface area contributed by atoms with Gasteiger partial charge in [-0.05, 0) is 31.0 Å². The molecular formula is C16H17N5O2. The molecule has 3 rings (SSSR count). The molecule has 0 aliphatic rings. The fourth-order valence-corrected chi connectivity index (χ4v) is 2.41. The van der Waals surface area contributed by atoms with Crippen molar-refractivity contribution in [1.82, 2.24) is 19.3 Å². The summed E-state index contributed by atoms with van der Waals surface area (Å²) in [7, 11) is 1.71. The Labute approximate surface area is 132 Å². The molecule has 0 aliphatic heterocycles. The third kappa shape index (κ3) is 2.73. The summed E-state index contributed by atoms with van der Waals surface area (Å²) < 4.78 is 2.81. The van der Waals surface area contributed by atoms with Gasteiger partial charge in [-0.25, -0.2) is 4.98 Å². The maximum absolute atomic E-state index is 12.3. The van der Waals surface area contributed by atoms with Gasteiger partial charge in [-0.15, -0.1) is 0 Å². The number of nitrogens with one attached hydrogen (secondary N) is 1. The zero-order chi connectivity index (χ0) is 16.6. The number of hydrogen-bond acceptors (Lipinski definition) is 4. The van der Waals surface area contributed by atoms with E-state index in [0.29, 0.717) is 11.0 Å². The van der Waals surface area contributed by atoms with Gasteiger partial charge in [0.15, 0.2) is 5.65 Å². The summed E-state index contributed by atoms with van der Waals surface area (Å²) in [4.78, 5) is 28.7. The lowest BCUT2D eigenvalue weighted by atomic mass is 10.1. The number of benzene rings is 1. The Bertz CT molecular complexity index is 955. The smallest absolute Gasteiger partial charge is 0.264 e. The van der Waals surface area contributed by atoms with E-state index in [9.17, 15) is 9.59 Å². The summed E-state index contributed by atoms with van der Waals surface area (Å²) in [6, 6.07) is 5.70. The average Bonchev–Trinajstić information content (AvgIpc) is 2.89. The molecule has 0 radical (unpaired) electrons. The molecule has 118 valence electrons. The van der Waals surface area contributed by atoms with Crippen molar-refractivity contribution in [2.75, 3.05) is 5.32 Å². The fourth-order valence-electron chi connectivity index (χ4n) is 2.41. The lowest BCUT2D eigenvalue weighted by Crippen LogP contribution is -2.28. The molecule has 0 fully saturated rings. The molecule has 2 heterocycles. The second-order valence-corrected chi connectivity index (χ2v) is 5.48. The molecule has 3 aromatic rings. The van der Waals surface area contributed by atoms with Crippen molar-refractivity contribution in [2.45, 2.75) is 20.4 Å². The van der Waals surface area contributed by atoms with E-state index in [0.717, 1.165) is 16.8 Å². The van der Waals surface area contributed by atoms with Gasteiger partial charge in [0.25, 0.3) is 5.56 Å². The second-order valence-electron chi connectivity index (χ2n) is 5.48. The molecule has 0 atom stereocenters. The van der Waals surface area contributed by atoms with E-state index in [4.69, 9.17) is 0 Å².